The van der Waals surface area contributed by atoms with E-state index in [2.05, 4.69) is 19.9 Å². The van der Waals surface area contributed by atoms with Gasteiger partial charge in [-0.25, -0.2) is 0 Å². The van der Waals surface area contributed by atoms with Crippen molar-refractivity contribution in [3.63, 3.8) is 0 Å². The minimum Gasteiger partial charge on any atom is -0.490 e. The predicted molar refractivity (Wildman–Crippen MR) is 77.0 cm³/mol. The highest BCUT2D eigenvalue weighted by Gasteiger charge is 2.22. The van der Waals surface area contributed by atoms with E-state index in [1.165, 1.54) is 32.1 Å². The highest BCUT2D eigenvalue weighted by atomic mass is 16.5. The van der Waals surface area contributed by atoms with Crippen molar-refractivity contribution in [3.05, 3.63) is 23.3 Å². The lowest BCUT2D eigenvalue weighted by Crippen LogP contribution is -2.25. The maximum absolute atomic E-state index is 6.20. The van der Waals surface area contributed by atoms with Gasteiger partial charge >= 0.3 is 0 Å². The number of nitrogens with two attached hydrogens (primary N) is 1. The summed E-state index contributed by atoms with van der Waals surface area (Å²) in [6, 6.07) is 4.10. The number of rotatable bonds is 3. The van der Waals surface area contributed by atoms with E-state index in [4.69, 9.17) is 10.5 Å². The van der Waals surface area contributed by atoms with Crippen molar-refractivity contribution >= 4 is 5.69 Å². The van der Waals surface area contributed by atoms with E-state index < -0.39 is 0 Å². The average Bonchev–Trinajstić information content (AvgIpc) is 2.36. The van der Waals surface area contributed by atoms with Crippen LogP contribution in [-0.4, -0.2) is 6.10 Å². The van der Waals surface area contributed by atoms with Crippen LogP contribution in [0.3, 0.4) is 0 Å². The summed E-state index contributed by atoms with van der Waals surface area (Å²) in [4.78, 5) is 0. The van der Waals surface area contributed by atoms with Gasteiger partial charge in [-0.1, -0.05) is 19.8 Å². The average molecular weight is 247 g/mol. The van der Waals surface area contributed by atoms with Crippen LogP contribution in [-0.2, 0) is 0 Å². The zero-order chi connectivity index (χ0) is 13.1. The van der Waals surface area contributed by atoms with Crippen LogP contribution in [0.25, 0.3) is 0 Å². The van der Waals surface area contributed by atoms with Gasteiger partial charge in [0.2, 0.25) is 0 Å². The molecular weight excluding hydrogens is 222 g/mol. The van der Waals surface area contributed by atoms with Gasteiger partial charge in [0.1, 0.15) is 5.75 Å². The molecule has 1 aromatic rings. The molecule has 0 spiro atoms. The predicted octanol–water partition coefficient (Wildman–Crippen LogP) is 4.23. The Morgan fingerprint density at radius 3 is 2.72 bits per heavy atom. The second-order valence-electron chi connectivity index (χ2n) is 5.66. The first kappa shape index (κ1) is 13.3. The van der Waals surface area contributed by atoms with Gasteiger partial charge in [0.15, 0.2) is 0 Å². The molecule has 2 rings (SSSR count). The highest BCUT2D eigenvalue weighted by molar-refractivity contribution is 5.53. The Balaban J connectivity index is 2.07. The molecule has 2 heteroatoms. The first-order valence-corrected chi connectivity index (χ1v) is 7.13. The number of hydrogen-bond acceptors (Lipinski definition) is 2. The van der Waals surface area contributed by atoms with Crippen molar-refractivity contribution in [2.24, 2.45) is 5.92 Å². The normalized spacial score (nSPS) is 23.9. The maximum atomic E-state index is 6.20. The largest absolute Gasteiger partial charge is 0.490 e. The molecule has 2 unspecified atom stereocenters. The molecule has 1 aliphatic rings. The van der Waals surface area contributed by atoms with Crippen LogP contribution in [0.2, 0.25) is 0 Å². The van der Waals surface area contributed by atoms with Crippen LogP contribution in [0.1, 0.15) is 50.2 Å². The van der Waals surface area contributed by atoms with Crippen LogP contribution in [0.15, 0.2) is 12.1 Å². The fraction of sp³-hybridized carbons (Fsp3) is 0.625. The Labute approximate surface area is 111 Å². The standard InChI is InChI=1S/C16H25NO/c1-4-13-6-5-7-14(10-13)18-16-9-11(2)15(17)8-12(16)3/h8-9,13-14H,4-7,10,17H2,1-3H3. The summed E-state index contributed by atoms with van der Waals surface area (Å²) in [5.74, 6) is 1.86. The number of anilines is 1. The number of aryl methyl sites for hydroxylation is 2. The molecule has 100 valence electrons. The maximum Gasteiger partial charge on any atom is 0.123 e. The van der Waals surface area contributed by atoms with E-state index in [9.17, 15) is 0 Å². The van der Waals surface area contributed by atoms with E-state index in [1.54, 1.807) is 0 Å². The molecule has 0 saturated heterocycles. The van der Waals surface area contributed by atoms with Crippen molar-refractivity contribution in [1.29, 1.82) is 0 Å². The van der Waals surface area contributed by atoms with Gasteiger partial charge in [-0.2, -0.15) is 0 Å². The lowest BCUT2D eigenvalue weighted by molar-refractivity contribution is 0.121. The molecule has 0 bridgehead atoms. The van der Waals surface area contributed by atoms with Crippen LogP contribution in [0.4, 0.5) is 5.69 Å². The summed E-state index contributed by atoms with van der Waals surface area (Å²) in [7, 11) is 0. The van der Waals surface area contributed by atoms with E-state index in [0.29, 0.717) is 6.10 Å². The Morgan fingerprint density at radius 1 is 1.22 bits per heavy atom. The number of hydrogen-bond donors (Lipinski definition) is 1. The Kier molecular flexibility index (Phi) is 4.15. The lowest BCUT2D eigenvalue weighted by atomic mass is 9.85. The van der Waals surface area contributed by atoms with Crippen molar-refractivity contribution < 1.29 is 4.74 Å². The summed E-state index contributed by atoms with van der Waals surface area (Å²) in [5.41, 5.74) is 9.03. The summed E-state index contributed by atoms with van der Waals surface area (Å²) in [5, 5.41) is 0. The molecule has 0 radical (unpaired) electrons. The third kappa shape index (κ3) is 2.98. The molecule has 1 aromatic carbocycles. The van der Waals surface area contributed by atoms with Gasteiger partial charge in [0.25, 0.3) is 0 Å². The molecule has 2 N–H and O–H groups in total. The van der Waals surface area contributed by atoms with Crippen LogP contribution >= 0.6 is 0 Å². The quantitative estimate of drug-likeness (QED) is 0.811. The van der Waals surface area contributed by atoms with Crippen molar-refractivity contribution in [2.45, 2.75) is 59.0 Å². The van der Waals surface area contributed by atoms with Crippen molar-refractivity contribution in [3.8, 4) is 5.75 Å². The van der Waals surface area contributed by atoms with E-state index in [-0.39, 0.29) is 0 Å². The van der Waals surface area contributed by atoms with Gasteiger partial charge in [0.05, 0.1) is 6.10 Å². The van der Waals surface area contributed by atoms with Gasteiger partial charge in [-0.15, -0.1) is 0 Å². The molecule has 1 saturated carbocycles. The SMILES string of the molecule is CCC1CCCC(Oc2cc(C)c(N)cc2C)C1. The number of nitrogen functional groups attached to an aromatic ring is 1. The molecule has 0 heterocycles. The number of ether oxygens (including phenoxy) is 1. The minimum absolute atomic E-state index is 0.394. The zero-order valence-electron chi connectivity index (χ0n) is 11.8. The monoisotopic (exact) mass is 247 g/mol. The second kappa shape index (κ2) is 5.64. The second-order valence-corrected chi connectivity index (χ2v) is 5.66. The summed E-state index contributed by atoms with van der Waals surface area (Å²) >= 11 is 0. The number of benzene rings is 1. The van der Waals surface area contributed by atoms with Crippen molar-refractivity contribution in [2.75, 3.05) is 5.73 Å². The van der Waals surface area contributed by atoms with E-state index in [1.807, 2.05) is 13.0 Å². The molecule has 0 aliphatic heterocycles. The lowest BCUT2D eigenvalue weighted by Gasteiger charge is -2.29. The first-order chi connectivity index (χ1) is 8.60. The third-order valence-corrected chi connectivity index (χ3v) is 4.17. The summed E-state index contributed by atoms with van der Waals surface area (Å²) < 4.78 is 6.20. The molecule has 18 heavy (non-hydrogen) atoms. The minimum atomic E-state index is 0.394. The van der Waals surface area contributed by atoms with E-state index >= 15 is 0 Å². The summed E-state index contributed by atoms with van der Waals surface area (Å²) in [6.45, 7) is 6.40. The topological polar surface area (TPSA) is 35.2 Å². The molecule has 0 aromatic heterocycles. The van der Waals surface area contributed by atoms with Gasteiger partial charge in [0, 0.05) is 5.69 Å². The Hall–Kier alpha value is -1.18. The van der Waals surface area contributed by atoms with Crippen LogP contribution in [0, 0.1) is 19.8 Å². The molecule has 0 amide bonds. The molecule has 2 nitrogen and oxygen atoms in total. The van der Waals surface area contributed by atoms with Gasteiger partial charge in [-0.3, -0.25) is 0 Å². The zero-order valence-corrected chi connectivity index (χ0v) is 11.8. The Bertz CT molecular complexity index is 414. The molecule has 2 atom stereocenters. The highest BCUT2D eigenvalue weighted by Crippen LogP contribution is 2.32. The molecule has 1 fully saturated rings. The van der Waals surface area contributed by atoms with Crippen LogP contribution < -0.4 is 10.5 Å². The van der Waals surface area contributed by atoms with Crippen LogP contribution in [0.5, 0.6) is 5.75 Å². The fourth-order valence-corrected chi connectivity index (χ4v) is 2.84. The fourth-order valence-electron chi connectivity index (χ4n) is 2.84. The third-order valence-electron chi connectivity index (χ3n) is 4.17. The first-order valence-electron chi connectivity index (χ1n) is 7.13. The van der Waals surface area contributed by atoms with Gasteiger partial charge < -0.3 is 10.5 Å². The summed E-state index contributed by atoms with van der Waals surface area (Å²) in [6.07, 6.45) is 6.75. The van der Waals surface area contributed by atoms with Crippen molar-refractivity contribution in [1.82, 2.24) is 0 Å². The Morgan fingerprint density at radius 2 is 2.00 bits per heavy atom. The van der Waals surface area contributed by atoms with Gasteiger partial charge in [-0.05, 0) is 62.3 Å². The smallest absolute Gasteiger partial charge is 0.123 e. The molecule has 1 aliphatic carbocycles. The molecular formula is C16H25NO. The van der Waals surface area contributed by atoms with E-state index in [0.717, 1.165) is 28.5 Å².